The van der Waals surface area contributed by atoms with E-state index in [4.69, 9.17) is 16.7 Å². The first-order chi connectivity index (χ1) is 5.25. The second-order valence-electron chi connectivity index (χ2n) is 2.80. The number of rotatable bonds is 2. The van der Waals surface area contributed by atoms with Crippen LogP contribution in [-0.2, 0) is 4.79 Å². The fourth-order valence-corrected chi connectivity index (χ4v) is 1.68. The molecule has 0 heterocycles. The molecule has 62 valence electrons. The summed E-state index contributed by atoms with van der Waals surface area (Å²) < 4.78 is 0. The smallest absolute Gasteiger partial charge is 0.307 e. The molecule has 2 nitrogen and oxygen atoms in total. The Hall–Kier alpha value is -0.500. The largest absolute Gasteiger partial charge is 0.481 e. The van der Waals surface area contributed by atoms with E-state index >= 15 is 0 Å². The molecule has 2 atom stereocenters. The van der Waals surface area contributed by atoms with Crippen LogP contribution in [0.1, 0.15) is 12.8 Å². The first-order valence-corrected chi connectivity index (χ1v) is 4.23. The van der Waals surface area contributed by atoms with Gasteiger partial charge in [-0.15, -0.1) is 11.6 Å². The average Bonchev–Trinajstić information content (AvgIpc) is 2.04. The molecule has 3 heteroatoms. The first kappa shape index (κ1) is 8.60. The second-order valence-corrected chi connectivity index (χ2v) is 3.11. The van der Waals surface area contributed by atoms with Crippen molar-refractivity contribution in [2.75, 3.05) is 5.88 Å². The van der Waals surface area contributed by atoms with Gasteiger partial charge in [-0.25, -0.2) is 0 Å². The molecule has 0 fully saturated rings. The van der Waals surface area contributed by atoms with Gasteiger partial charge in [0.2, 0.25) is 0 Å². The Labute approximate surface area is 70.9 Å². The van der Waals surface area contributed by atoms with Gasteiger partial charge in [0.1, 0.15) is 0 Å². The molecule has 0 aromatic carbocycles. The quantitative estimate of drug-likeness (QED) is 0.513. The Kier molecular flexibility index (Phi) is 2.94. The lowest BCUT2D eigenvalue weighted by atomic mass is 9.84. The van der Waals surface area contributed by atoms with Crippen molar-refractivity contribution in [3.63, 3.8) is 0 Å². The molecular formula is C8H11ClO2. The predicted molar refractivity (Wildman–Crippen MR) is 43.7 cm³/mol. The molecule has 0 spiro atoms. The third kappa shape index (κ3) is 1.96. The summed E-state index contributed by atoms with van der Waals surface area (Å²) in [7, 11) is 0. The Morgan fingerprint density at radius 2 is 2.18 bits per heavy atom. The average molecular weight is 175 g/mol. The number of aliphatic carboxylic acids is 1. The van der Waals surface area contributed by atoms with E-state index in [0.29, 0.717) is 12.3 Å². The van der Waals surface area contributed by atoms with Crippen LogP contribution in [0.5, 0.6) is 0 Å². The number of hydrogen-bond donors (Lipinski definition) is 1. The number of hydrogen-bond acceptors (Lipinski definition) is 1. The van der Waals surface area contributed by atoms with E-state index in [-0.39, 0.29) is 11.8 Å². The van der Waals surface area contributed by atoms with Gasteiger partial charge in [-0.3, -0.25) is 4.79 Å². The molecule has 0 amide bonds. The second kappa shape index (κ2) is 3.77. The highest BCUT2D eigenvalue weighted by atomic mass is 35.5. The highest BCUT2D eigenvalue weighted by Gasteiger charge is 2.27. The van der Waals surface area contributed by atoms with Crippen LogP contribution < -0.4 is 0 Å². The number of halogens is 1. The van der Waals surface area contributed by atoms with E-state index in [1.54, 1.807) is 0 Å². The number of carbonyl (C=O) groups is 1. The van der Waals surface area contributed by atoms with Crippen molar-refractivity contribution >= 4 is 17.6 Å². The van der Waals surface area contributed by atoms with Crippen LogP contribution in [0.4, 0.5) is 0 Å². The Balaban J connectivity index is 2.61. The van der Waals surface area contributed by atoms with Crippen molar-refractivity contribution in [3.8, 4) is 0 Å². The monoisotopic (exact) mass is 174 g/mol. The van der Waals surface area contributed by atoms with E-state index < -0.39 is 5.97 Å². The zero-order valence-corrected chi connectivity index (χ0v) is 6.92. The van der Waals surface area contributed by atoms with Gasteiger partial charge in [0, 0.05) is 5.88 Å². The SMILES string of the molecule is O=C(O)C1CC=CCC1CCl. The van der Waals surface area contributed by atoms with Crippen molar-refractivity contribution in [1.29, 1.82) is 0 Å². The summed E-state index contributed by atoms with van der Waals surface area (Å²) in [6.07, 6.45) is 5.36. The van der Waals surface area contributed by atoms with Crippen molar-refractivity contribution in [2.45, 2.75) is 12.8 Å². The molecule has 2 unspecified atom stereocenters. The standard InChI is InChI=1S/C8H11ClO2/c9-5-6-3-1-2-4-7(6)8(10)11/h1-2,6-7H,3-5H2,(H,10,11). The van der Waals surface area contributed by atoms with Gasteiger partial charge >= 0.3 is 5.97 Å². The molecule has 0 saturated carbocycles. The van der Waals surface area contributed by atoms with Gasteiger partial charge in [-0.05, 0) is 18.8 Å². The molecule has 0 aliphatic heterocycles. The molecular weight excluding hydrogens is 164 g/mol. The van der Waals surface area contributed by atoms with Crippen molar-refractivity contribution in [1.82, 2.24) is 0 Å². The van der Waals surface area contributed by atoms with E-state index in [9.17, 15) is 4.79 Å². The molecule has 0 bridgehead atoms. The summed E-state index contributed by atoms with van der Waals surface area (Å²) in [4.78, 5) is 10.6. The van der Waals surface area contributed by atoms with Gasteiger partial charge in [0.15, 0.2) is 0 Å². The van der Waals surface area contributed by atoms with Gasteiger partial charge in [-0.1, -0.05) is 12.2 Å². The number of carboxylic acids is 1. The fourth-order valence-electron chi connectivity index (χ4n) is 1.34. The predicted octanol–water partition coefficient (Wildman–Crippen LogP) is 1.89. The highest BCUT2D eigenvalue weighted by molar-refractivity contribution is 6.18. The molecule has 11 heavy (non-hydrogen) atoms. The molecule has 0 saturated heterocycles. The van der Waals surface area contributed by atoms with Gasteiger partial charge in [0.05, 0.1) is 5.92 Å². The topological polar surface area (TPSA) is 37.3 Å². The van der Waals surface area contributed by atoms with Crippen LogP contribution in [0.3, 0.4) is 0 Å². The van der Waals surface area contributed by atoms with Crippen LogP contribution >= 0.6 is 11.6 Å². The summed E-state index contributed by atoms with van der Waals surface area (Å²) >= 11 is 5.62. The fraction of sp³-hybridized carbons (Fsp3) is 0.625. The molecule has 0 aromatic heterocycles. The third-order valence-corrected chi connectivity index (χ3v) is 2.48. The minimum absolute atomic E-state index is 0.124. The minimum Gasteiger partial charge on any atom is -0.481 e. The van der Waals surface area contributed by atoms with E-state index in [2.05, 4.69) is 0 Å². The van der Waals surface area contributed by atoms with Crippen molar-refractivity contribution in [3.05, 3.63) is 12.2 Å². The lowest BCUT2D eigenvalue weighted by molar-refractivity contribution is -0.143. The minimum atomic E-state index is -0.722. The van der Waals surface area contributed by atoms with E-state index in [1.807, 2.05) is 12.2 Å². The summed E-state index contributed by atoms with van der Waals surface area (Å²) in [6, 6.07) is 0. The summed E-state index contributed by atoms with van der Waals surface area (Å²) in [5.41, 5.74) is 0. The lowest BCUT2D eigenvalue weighted by Crippen LogP contribution is -2.25. The maximum atomic E-state index is 10.6. The summed E-state index contributed by atoms with van der Waals surface area (Å²) in [5, 5.41) is 8.75. The van der Waals surface area contributed by atoms with Crippen LogP contribution in [0.2, 0.25) is 0 Å². The van der Waals surface area contributed by atoms with Crippen LogP contribution in [0.15, 0.2) is 12.2 Å². The van der Waals surface area contributed by atoms with Gasteiger partial charge in [-0.2, -0.15) is 0 Å². The molecule has 1 aliphatic rings. The van der Waals surface area contributed by atoms with Crippen molar-refractivity contribution in [2.24, 2.45) is 11.8 Å². The summed E-state index contributed by atoms with van der Waals surface area (Å²) in [6.45, 7) is 0. The Bertz CT molecular complexity index is 177. The number of allylic oxidation sites excluding steroid dienone is 2. The van der Waals surface area contributed by atoms with Gasteiger partial charge in [0.25, 0.3) is 0 Å². The zero-order chi connectivity index (χ0) is 8.27. The van der Waals surface area contributed by atoms with Gasteiger partial charge < -0.3 is 5.11 Å². The summed E-state index contributed by atoms with van der Waals surface area (Å²) in [5.74, 6) is -0.418. The maximum absolute atomic E-state index is 10.6. The molecule has 1 N–H and O–H groups in total. The molecule has 1 rings (SSSR count). The normalized spacial score (nSPS) is 30.3. The van der Waals surface area contributed by atoms with Crippen LogP contribution in [-0.4, -0.2) is 17.0 Å². The van der Waals surface area contributed by atoms with Crippen LogP contribution in [0, 0.1) is 11.8 Å². The molecule has 0 aromatic rings. The van der Waals surface area contributed by atoms with Crippen molar-refractivity contribution < 1.29 is 9.90 Å². The molecule has 0 radical (unpaired) electrons. The van der Waals surface area contributed by atoms with Crippen LogP contribution in [0.25, 0.3) is 0 Å². The lowest BCUT2D eigenvalue weighted by Gasteiger charge is -2.22. The first-order valence-electron chi connectivity index (χ1n) is 3.69. The van der Waals surface area contributed by atoms with E-state index in [1.165, 1.54) is 0 Å². The molecule has 1 aliphatic carbocycles. The highest BCUT2D eigenvalue weighted by Crippen LogP contribution is 2.26. The zero-order valence-electron chi connectivity index (χ0n) is 6.16. The maximum Gasteiger partial charge on any atom is 0.307 e. The Morgan fingerprint density at radius 1 is 1.55 bits per heavy atom. The number of alkyl halides is 1. The number of carboxylic acid groups (broad SMARTS) is 1. The van der Waals surface area contributed by atoms with E-state index in [0.717, 1.165) is 6.42 Å². The third-order valence-electron chi connectivity index (χ3n) is 2.08. The Morgan fingerprint density at radius 3 is 2.64 bits per heavy atom.